The van der Waals surface area contributed by atoms with E-state index in [9.17, 15) is 18.8 Å². The number of carbonyl (C=O) groups is 3. The lowest BCUT2D eigenvalue weighted by atomic mass is 9.83. The summed E-state index contributed by atoms with van der Waals surface area (Å²) in [6, 6.07) is 5.11. The molecule has 4 rings (SSSR count). The molecule has 2 heterocycles. The molecule has 10 nitrogen and oxygen atoms in total. The van der Waals surface area contributed by atoms with Crippen LogP contribution in [0.1, 0.15) is 67.9 Å². The molecule has 1 aliphatic heterocycles. The molecule has 0 unspecified atom stereocenters. The number of likely N-dealkylation sites (tertiary alicyclic amines) is 1. The number of hydrogen-bond acceptors (Lipinski definition) is 6. The Morgan fingerprint density at radius 1 is 1.10 bits per heavy atom. The smallest absolute Gasteiger partial charge is 0.276 e. The number of aryl methyl sites for hydroxylation is 1. The van der Waals surface area contributed by atoms with Crippen LogP contribution in [0.15, 0.2) is 30.5 Å². The molecule has 11 heteroatoms. The van der Waals surface area contributed by atoms with Crippen molar-refractivity contribution < 1.29 is 18.8 Å². The molecule has 1 aromatic heterocycles. The largest absolute Gasteiger partial charge is 0.343 e. The lowest BCUT2D eigenvalue weighted by Gasteiger charge is -2.36. The van der Waals surface area contributed by atoms with E-state index in [1.165, 1.54) is 16.8 Å². The van der Waals surface area contributed by atoms with Gasteiger partial charge in [-0.1, -0.05) is 36.6 Å². The van der Waals surface area contributed by atoms with Crippen molar-refractivity contribution in [2.24, 2.45) is 13.0 Å². The normalized spacial score (nSPS) is 19.3. The molecule has 1 saturated carbocycles. The minimum atomic E-state index is -0.576. The van der Waals surface area contributed by atoms with E-state index in [0.29, 0.717) is 26.1 Å². The maximum atomic E-state index is 14.1. The van der Waals surface area contributed by atoms with Gasteiger partial charge >= 0.3 is 0 Å². The van der Waals surface area contributed by atoms with Crippen LogP contribution in [0, 0.1) is 11.7 Å². The maximum absolute atomic E-state index is 14.1. The molecule has 3 atom stereocenters. The summed E-state index contributed by atoms with van der Waals surface area (Å²) >= 11 is 0. The topological polar surface area (TPSA) is 112 Å². The Morgan fingerprint density at radius 2 is 1.82 bits per heavy atom. The molecule has 2 aliphatic rings. The summed E-state index contributed by atoms with van der Waals surface area (Å²) in [7, 11) is 3.44. The van der Waals surface area contributed by atoms with Crippen LogP contribution in [-0.2, 0) is 23.1 Å². The number of amides is 3. The monoisotopic (exact) mass is 555 g/mol. The third kappa shape index (κ3) is 7.44. The van der Waals surface area contributed by atoms with Gasteiger partial charge < -0.3 is 20.4 Å². The molecule has 2 aromatic rings. The fraction of sp³-hybridized carbons (Fsp3) is 0.621. The minimum absolute atomic E-state index is 0.0588. The van der Waals surface area contributed by atoms with Gasteiger partial charge in [-0.3, -0.25) is 19.1 Å². The van der Waals surface area contributed by atoms with Crippen LogP contribution >= 0.6 is 0 Å². The maximum Gasteiger partial charge on any atom is 0.276 e. The van der Waals surface area contributed by atoms with Crippen molar-refractivity contribution in [3.05, 3.63) is 47.5 Å². The molecule has 0 radical (unpaired) electrons. The highest BCUT2D eigenvalue weighted by Gasteiger charge is 2.39. The third-order valence-corrected chi connectivity index (χ3v) is 8.30. The number of rotatable bonds is 11. The SMILES string of the molecule is CN[C@@H](C)C(=O)N[C@H](C(=O)N1CCC[C@H]1CN(CCc1ccc(F)cc1)C(=O)c1cn(C)nn1)C1CCCCC1. The van der Waals surface area contributed by atoms with E-state index in [2.05, 4.69) is 20.9 Å². The molecule has 3 amide bonds. The Bertz CT molecular complexity index is 1150. The lowest BCUT2D eigenvalue weighted by molar-refractivity contribution is -0.139. The van der Waals surface area contributed by atoms with Gasteiger partial charge in [-0.05, 0) is 69.7 Å². The Kier molecular flexibility index (Phi) is 10.2. The molecule has 218 valence electrons. The quantitative estimate of drug-likeness (QED) is 0.440. The van der Waals surface area contributed by atoms with Crippen molar-refractivity contribution in [2.75, 3.05) is 26.7 Å². The van der Waals surface area contributed by atoms with Crippen molar-refractivity contribution in [1.82, 2.24) is 35.4 Å². The Hall–Kier alpha value is -3.34. The summed E-state index contributed by atoms with van der Waals surface area (Å²) in [5.74, 6) is -0.696. The van der Waals surface area contributed by atoms with Gasteiger partial charge in [0.25, 0.3) is 5.91 Å². The zero-order chi connectivity index (χ0) is 28.6. The molecule has 0 bridgehead atoms. The zero-order valence-electron chi connectivity index (χ0n) is 23.8. The van der Waals surface area contributed by atoms with Gasteiger partial charge in [0, 0.05) is 32.7 Å². The number of hydrogen-bond donors (Lipinski definition) is 2. The van der Waals surface area contributed by atoms with Gasteiger partial charge in [-0.15, -0.1) is 5.10 Å². The second kappa shape index (κ2) is 13.8. The number of nitrogens with one attached hydrogen (secondary N) is 2. The van der Waals surface area contributed by atoms with Crippen LogP contribution in [0.2, 0.25) is 0 Å². The highest BCUT2D eigenvalue weighted by atomic mass is 19.1. The van der Waals surface area contributed by atoms with E-state index in [-0.39, 0.29) is 41.2 Å². The first kappa shape index (κ1) is 29.6. The van der Waals surface area contributed by atoms with Gasteiger partial charge in [-0.2, -0.15) is 0 Å². The lowest BCUT2D eigenvalue weighted by Crippen LogP contribution is -2.57. The van der Waals surface area contributed by atoms with Gasteiger partial charge in [0.15, 0.2) is 5.69 Å². The fourth-order valence-electron chi connectivity index (χ4n) is 5.80. The van der Waals surface area contributed by atoms with Crippen LogP contribution < -0.4 is 10.6 Å². The van der Waals surface area contributed by atoms with Gasteiger partial charge in [0.05, 0.1) is 12.2 Å². The van der Waals surface area contributed by atoms with Crippen LogP contribution in [0.25, 0.3) is 0 Å². The van der Waals surface area contributed by atoms with E-state index < -0.39 is 12.1 Å². The number of aromatic nitrogens is 3. The summed E-state index contributed by atoms with van der Waals surface area (Å²) in [5.41, 5.74) is 1.15. The minimum Gasteiger partial charge on any atom is -0.343 e. The molecule has 1 aromatic carbocycles. The Morgan fingerprint density at radius 3 is 2.48 bits per heavy atom. The number of likely N-dealkylation sites (N-methyl/N-ethyl adjacent to an activating group) is 1. The molecule has 0 spiro atoms. The summed E-state index contributed by atoms with van der Waals surface area (Å²) in [6.45, 7) is 3.12. The molecular weight excluding hydrogens is 513 g/mol. The molecule has 1 saturated heterocycles. The predicted molar refractivity (Wildman–Crippen MR) is 149 cm³/mol. The first-order valence-electron chi connectivity index (χ1n) is 14.4. The molecule has 40 heavy (non-hydrogen) atoms. The number of carbonyl (C=O) groups excluding carboxylic acids is 3. The average molecular weight is 556 g/mol. The number of halogens is 1. The van der Waals surface area contributed by atoms with E-state index in [4.69, 9.17) is 0 Å². The van der Waals surface area contributed by atoms with Crippen molar-refractivity contribution >= 4 is 17.7 Å². The van der Waals surface area contributed by atoms with Crippen LogP contribution in [-0.4, -0.2) is 87.3 Å². The molecular formula is C29H42FN7O3. The highest BCUT2D eigenvalue weighted by molar-refractivity contribution is 5.92. The van der Waals surface area contributed by atoms with Gasteiger partial charge in [0.1, 0.15) is 11.9 Å². The zero-order valence-corrected chi connectivity index (χ0v) is 23.8. The molecule has 1 aliphatic carbocycles. The third-order valence-electron chi connectivity index (χ3n) is 8.30. The van der Waals surface area contributed by atoms with E-state index >= 15 is 0 Å². The highest BCUT2D eigenvalue weighted by Crippen LogP contribution is 2.29. The van der Waals surface area contributed by atoms with Gasteiger partial charge in [0.2, 0.25) is 11.8 Å². The summed E-state index contributed by atoms with van der Waals surface area (Å²) in [4.78, 5) is 44.0. The predicted octanol–water partition coefficient (Wildman–Crippen LogP) is 2.30. The van der Waals surface area contributed by atoms with E-state index in [0.717, 1.165) is 50.5 Å². The van der Waals surface area contributed by atoms with Crippen molar-refractivity contribution in [1.29, 1.82) is 0 Å². The van der Waals surface area contributed by atoms with E-state index in [1.54, 1.807) is 44.2 Å². The number of nitrogens with zero attached hydrogens (tertiary/aromatic N) is 5. The Labute approximate surface area is 235 Å². The Balaban J connectivity index is 1.52. The summed E-state index contributed by atoms with van der Waals surface area (Å²) < 4.78 is 14.9. The van der Waals surface area contributed by atoms with Crippen LogP contribution in [0.5, 0.6) is 0 Å². The standard InChI is InChI=1S/C29H42FN7O3/c1-20(31-2)27(38)32-26(22-8-5-4-6-9-22)29(40)37-16-7-10-24(37)18-36(28(39)25-19-35(3)34-33-25)17-15-21-11-13-23(30)14-12-21/h11-14,19-20,22,24,26,31H,4-10,15-18H2,1-3H3,(H,32,38)/t20-,24-,26-/m0/s1. The second-order valence-corrected chi connectivity index (χ2v) is 11.1. The average Bonchev–Trinajstić information content (AvgIpc) is 3.62. The van der Waals surface area contributed by atoms with Crippen LogP contribution in [0.4, 0.5) is 4.39 Å². The van der Waals surface area contributed by atoms with Crippen molar-refractivity contribution in [2.45, 2.75) is 76.4 Å². The summed E-state index contributed by atoms with van der Waals surface area (Å²) in [5, 5.41) is 14.0. The second-order valence-electron chi connectivity index (χ2n) is 11.1. The van der Waals surface area contributed by atoms with Crippen LogP contribution in [0.3, 0.4) is 0 Å². The molecule has 2 fully saturated rings. The van der Waals surface area contributed by atoms with Gasteiger partial charge in [-0.25, -0.2) is 4.39 Å². The fourth-order valence-corrected chi connectivity index (χ4v) is 5.80. The first-order valence-corrected chi connectivity index (χ1v) is 14.4. The first-order chi connectivity index (χ1) is 19.3. The van der Waals surface area contributed by atoms with E-state index in [1.807, 2.05) is 4.90 Å². The summed E-state index contributed by atoms with van der Waals surface area (Å²) in [6.07, 6.45) is 8.81. The van der Waals surface area contributed by atoms with Crippen molar-refractivity contribution in [3.8, 4) is 0 Å². The molecule has 2 N–H and O–H groups in total. The van der Waals surface area contributed by atoms with Crippen molar-refractivity contribution in [3.63, 3.8) is 0 Å². The number of benzene rings is 1.